The molecule has 0 amide bonds. The molecule has 0 fully saturated rings. The topological polar surface area (TPSA) is 47.0 Å². The summed E-state index contributed by atoms with van der Waals surface area (Å²) in [6, 6.07) is 6.09. The zero-order valence-corrected chi connectivity index (χ0v) is 13.2. The Morgan fingerprint density at radius 1 is 1.35 bits per heavy atom. The second kappa shape index (κ2) is 7.36. The van der Waals surface area contributed by atoms with Crippen molar-refractivity contribution in [2.75, 3.05) is 6.54 Å². The maximum Gasteiger partial charge on any atom is 0.219 e. The number of nitrogens with one attached hydrogen (secondary N) is 1. The SMILES string of the molecule is CCCNC(C)c1ccnc(Oc2cncc(Br)c2)c1. The van der Waals surface area contributed by atoms with Crippen LogP contribution in [-0.4, -0.2) is 16.5 Å². The molecule has 0 spiro atoms. The summed E-state index contributed by atoms with van der Waals surface area (Å²) in [6.45, 7) is 5.28. The summed E-state index contributed by atoms with van der Waals surface area (Å²) in [4.78, 5) is 8.30. The highest BCUT2D eigenvalue weighted by atomic mass is 79.9. The van der Waals surface area contributed by atoms with Gasteiger partial charge in [-0.25, -0.2) is 4.98 Å². The molecule has 2 aromatic heterocycles. The Balaban J connectivity index is 2.09. The third kappa shape index (κ3) is 4.28. The molecular formula is C15H18BrN3O. The first kappa shape index (κ1) is 14.9. The lowest BCUT2D eigenvalue weighted by molar-refractivity contribution is 0.457. The Bertz CT molecular complexity index is 562. The zero-order chi connectivity index (χ0) is 14.4. The van der Waals surface area contributed by atoms with E-state index in [2.05, 4.69) is 45.1 Å². The van der Waals surface area contributed by atoms with Crippen LogP contribution in [0.1, 0.15) is 31.9 Å². The van der Waals surface area contributed by atoms with Crippen molar-refractivity contribution in [2.45, 2.75) is 26.3 Å². The molecule has 0 aliphatic rings. The van der Waals surface area contributed by atoms with Crippen molar-refractivity contribution in [3.05, 3.63) is 46.8 Å². The number of halogens is 1. The van der Waals surface area contributed by atoms with E-state index < -0.39 is 0 Å². The molecule has 0 saturated heterocycles. The quantitative estimate of drug-likeness (QED) is 0.863. The summed E-state index contributed by atoms with van der Waals surface area (Å²) in [5.74, 6) is 1.24. The number of ether oxygens (including phenoxy) is 1. The normalized spacial score (nSPS) is 12.2. The number of nitrogens with zero attached hydrogens (tertiary/aromatic N) is 2. The molecule has 0 saturated carbocycles. The van der Waals surface area contributed by atoms with Crippen molar-refractivity contribution in [1.29, 1.82) is 0 Å². The van der Waals surface area contributed by atoms with E-state index in [-0.39, 0.29) is 6.04 Å². The molecule has 106 valence electrons. The fourth-order valence-electron chi connectivity index (χ4n) is 1.80. The lowest BCUT2D eigenvalue weighted by atomic mass is 10.1. The molecule has 20 heavy (non-hydrogen) atoms. The van der Waals surface area contributed by atoms with E-state index >= 15 is 0 Å². The van der Waals surface area contributed by atoms with Gasteiger partial charge in [0, 0.05) is 29.0 Å². The number of aromatic nitrogens is 2. The van der Waals surface area contributed by atoms with Crippen molar-refractivity contribution in [3.63, 3.8) is 0 Å². The minimum atomic E-state index is 0.279. The molecule has 5 heteroatoms. The van der Waals surface area contributed by atoms with Gasteiger partial charge in [0.1, 0.15) is 5.75 Å². The molecule has 2 rings (SSSR count). The molecule has 1 atom stereocenters. The van der Waals surface area contributed by atoms with E-state index in [0.29, 0.717) is 11.6 Å². The zero-order valence-electron chi connectivity index (χ0n) is 11.6. The lowest BCUT2D eigenvalue weighted by Gasteiger charge is -2.14. The molecular weight excluding hydrogens is 318 g/mol. The van der Waals surface area contributed by atoms with Crippen molar-refractivity contribution in [3.8, 4) is 11.6 Å². The molecule has 2 heterocycles. The molecule has 4 nitrogen and oxygen atoms in total. The van der Waals surface area contributed by atoms with E-state index in [1.54, 1.807) is 18.6 Å². The molecule has 0 bridgehead atoms. The second-order valence-electron chi connectivity index (χ2n) is 4.54. The fraction of sp³-hybridized carbons (Fsp3) is 0.333. The molecule has 0 radical (unpaired) electrons. The molecule has 0 aliphatic carbocycles. The number of rotatable bonds is 6. The molecule has 1 N–H and O–H groups in total. The molecule has 1 unspecified atom stereocenters. The first-order valence-electron chi connectivity index (χ1n) is 6.66. The fourth-order valence-corrected chi connectivity index (χ4v) is 2.14. The first-order chi connectivity index (χ1) is 9.69. The Hall–Kier alpha value is -1.46. The standard InChI is InChI=1S/C15H18BrN3O/c1-3-5-18-11(2)12-4-6-19-15(7-12)20-14-8-13(16)9-17-10-14/h4,6-11,18H,3,5H2,1-2H3. The van der Waals surface area contributed by atoms with Gasteiger partial charge in [-0.1, -0.05) is 6.92 Å². The van der Waals surface area contributed by atoms with Gasteiger partial charge in [-0.2, -0.15) is 0 Å². The Labute approximate surface area is 127 Å². The van der Waals surface area contributed by atoms with Crippen LogP contribution in [0.2, 0.25) is 0 Å². The van der Waals surface area contributed by atoms with Gasteiger partial charge in [-0.15, -0.1) is 0 Å². The number of pyridine rings is 2. The van der Waals surface area contributed by atoms with Crippen LogP contribution in [0.25, 0.3) is 0 Å². The summed E-state index contributed by atoms with van der Waals surface area (Å²) < 4.78 is 6.60. The van der Waals surface area contributed by atoms with E-state index in [1.807, 2.05) is 18.2 Å². The number of hydrogen-bond acceptors (Lipinski definition) is 4. The highest BCUT2D eigenvalue weighted by Crippen LogP contribution is 2.23. The van der Waals surface area contributed by atoms with Crippen LogP contribution in [0.4, 0.5) is 0 Å². The van der Waals surface area contributed by atoms with Crippen LogP contribution < -0.4 is 10.1 Å². The van der Waals surface area contributed by atoms with Crippen LogP contribution in [0.5, 0.6) is 11.6 Å². The van der Waals surface area contributed by atoms with Crippen molar-refractivity contribution in [2.24, 2.45) is 0 Å². The predicted molar refractivity (Wildman–Crippen MR) is 83.0 cm³/mol. The maximum absolute atomic E-state index is 5.72. The van der Waals surface area contributed by atoms with Gasteiger partial charge in [-0.3, -0.25) is 4.98 Å². The molecule has 0 aliphatic heterocycles. The highest BCUT2D eigenvalue weighted by Gasteiger charge is 2.07. The Morgan fingerprint density at radius 2 is 2.20 bits per heavy atom. The molecule has 0 aromatic carbocycles. The van der Waals surface area contributed by atoms with E-state index in [0.717, 1.165) is 23.0 Å². The van der Waals surface area contributed by atoms with E-state index in [9.17, 15) is 0 Å². The van der Waals surface area contributed by atoms with Crippen molar-refractivity contribution >= 4 is 15.9 Å². The Morgan fingerprint density at radius 3 is 2.95 bits per heavy atom. The van der Waals surface area contributed by atoms with Gasteiger partial charge >= 0.3 is 0 Å². The third-order valence-corrected chi connectivity index (χ3v) is 3.30. The summed E-state index contributed by atoms with van der Waals surface area (Å²) in [5, 5.41) is 3.45. The predicted octanol–water partition coefficient (Wildman–Crippen LogP) is 4.09. The maximum atomic E-state index is 5.72. The smallest absolute Gasteiger partial charge is 0.219 e. The van der Waals surface area contributed by atoms with Crippen molar-refractivity contribution in [1.82, 2.24) is 15.3 Å². The Kier molecular flexibility index (Phi) is 5.49. The average molecular weight is 336 g/mol. The highest BCUT2D eigenvalue weighted by molar-refractivity contribution is 9.10. The van der Waals surface area contributed by atoms with Gasteiger partial charge in [0.05, 0.1) is 6.20 Å². The minimum Gasteiger partial charge on any atom is -0.437 e. The first-order valence-corrected chi connectivity index (χ1v) is 7.46. The van der Waals surface area contributed by atoms with Gasteiger partial charge in [0.25, 0.3) is 0 Å². The third-order valence-electron chi connectivity index (χ3n) is 2.86. The van der Waals surface area contributed by atoms with E-state index in [1.165, 1.54) is 0 Å². The van der Waals surface area contributed by atoms with Crippen LogP contribution in [-0.2, 0) is 0 Å². The van der Waals surface area contributed by atoms with Crippen LogP contribution in [0.15, 0.2) is 41.3 Å². The summed E-state index contributed by atoms with van der Waals surface area (Å²) >= 11 is 3.37. The summed E-state index contributed by atoms with van der Waals surface area (Å²) in [7, 11) is 0. The summed E-state index contributed by atoms with van der Waals surface area (Å²) in [6.07, 6.45) is 6.26. The van der Waals surface area contributed by atoms with Gasteiger partial charge in [0.15, 0.2) is 0 Å². The van der Waals surface area contributed by atoms with Crippen LogP contribution in [0.3, 0.4) is 0 Å². The monoisotopic (exact) mass is 335 g/mol. The average Bonchev–Trinajstić information content (AvgIpc) is 2.45. The summed E-state index contributed by atoms with van der Waals surface area (Å²) in [5.41, 5.74) is 1.16. The molecule has 2 aromatic rings. The van der Waals surface area contributed by atoms with Gasteiger partial charge in [-0.05, 0) is 53.5 Å². The van der Waals surface area contributed by atoms with Gasteiger partial charge in [0.2, 0.25) is 5.88 Å². The number of hydrogen-bond donors (Lipinski definition) is 1. The van der Waals surface area contributed by atoms with Gasteiger partial charge < -0.3 is 10.1 Å². The van der Waals surface area contributed by atoms with E-state index in [4.69, 9.17) is 4.74 Å². The van der Waals surface area contributed by atoms with Crippen molar-refractivity contribution < 1.29 is 4.74 Å². The lowest BCUT2D eigenvalue weighted by Crippen LogP contribution is -2.19. The largest absolute Gasteiger partial charge is 0.437 e. The minimum absolute atomic E-state index is 0.279. The second-order valence-corrected chi connectivity index (χ2v) is 5.46. The van der Waals surface area contributed by atoms with Crippen LogP contribution >= 0.6 is 15.9 Å². The van der Waals surface area contributed by atoms with Crippen LogP contribution in [0, 0.1) is 0 Å².